The molecule has 0 amide bonds. The van der Waals surface area contributed by atoms with Crippen molar-refractivity contribution in [1.82, 2.24) is 23.9 Å². The highest BCUT2D eigenvalue weighted by molar-refractivity contribution is 5.91. The third-order valence-electron chi connectivity index (χ3n) is 5.87. The van der Waals surface area contributed by atoms with Gasteiger partial charge >= 0.3 is 5.69 Å². The topological polar surface area (TPSA) is 74.7 Å². The van der Waals surface area contributed by atoms with E-state index in [2.05, 4.69) is 35.3 Å². The zero-order chi connectivity index (χ0) is 23.1. The van der Waals surface area contributed by atoms with Gasteiger partial charge in [-0.3, -0.25) is 23.6 Å². The summed E-state index contributed by atoms with van der Waals surface area (Å²) in [5, 5.41) is 7.59. The molecule has 0 bridgehead atoms. The van der Waals surface area contributed by atoms with Crippen LogP contribution in [-0.2, 0) is 20.1 Å². The van der Waals surface area contributed by atoms with E-state index < -0.39 is 0 Å². The summed E-state index contributed by atoms with van der Waals surface area (Å²) in [7, 11) is 1.53. The van der Waals surface area contributed by atoms with Gasteiger partial charge in [0, 0.05) is 31.5 Å². The van der Waals surface area contributed by atoms with Crippen molar-refractivity contribution in [2.45, 2.75) is 26.9 Å². The monoisotopic (exact) mass is 439 g/mol. The fourth-order valence-electron chi connectivity index (χ4n) is 4.32. The Kier molecular flexibility index (Phi) is 5.17. The Labute approximate surface area is 190 Å². The average molecular weight is 440 g/mol. The summed E-state index contributed by atoms with van der Waals surface area (Å²) in [6.07, 6.45) is 3.40. The molecule has 0 unspecified atom stereocenters. The third kappa shape index (κ3) is 3.65. The highest BCUT2D eigenvalue weighted by atomic mass is 16.2. The number of aromatic nitrogens is 5. The summed E-state index contributed by atoms with van der Waals surface area (Å²) < 4.78 is 4.63. The van der Waals surface area contributed by atoms with E-state index in [9.17, 15) is 9.59 Å². The molecule has 0 saturated carbocycles. The van der Waals surface area contributed by atoms with Gasteiger partial charge < -0.3 is 0 Å². The molecule has 33 heavy (non-hydrogen) atoms. The fraction of sp³-hybridized carbons (Fsp3) is 0.231. The molecule has 0 radical (unpaired) electrons. The lowest BCUT2D eigenvalue weighted by molar-refractivity contribution is 0.498. The first kappa shape index (κ1) is 20.9. The summed E-state index contributed by atoms with van der Waals surface area (Å²) in [4.78, 5) is 30.4. The first-order valence-electron chi connectivity index (χ1n) is 11.0. The Balaban J connectivity index is 1.79. The van der Waals surface area contributed by atoms with Gasteiger partial charge in [0.15, 0.2) is 5.65 Å². The lowest BCUT2D eigenvalue weighted by Gasteiger charge is -2.11. The third-order valence-corrected chi connectivity index (χ3v) is 5.87. The highest BCUT2D eigenvalue weighted by Crippen LogP contribution is 2.27. The molecule has 0 N–H and O–H groups in total. The van der Waals surface area contributed by atoms with Gasteiger partial charge in [-0.15, -0.1) is 0 Å². The second kappa shape index (κ2) is 8.16. The van der Waals surface area contributed by atoms with Crippen molar-refractivity contribution in [3.05, 3.63) is 93.4 Å². The van der Waals surface area contributed by atoms with Crippen LogP contribution in [0.15, 0.2) is 76.6 Å². The van der Waals surface area contributed by atoms with E-state index in [1.165, 1.54) is 17.0 Å². The number of pyridine rings is 1. The SMILES string of the molecule is CC(C)Cn1c(=O)n(C)c(=O)c2c(-c3ccncc3)n(Cc3ccc4ccccc4c3)nc21. The molecule has 3 heterocycles. The van der Waals surface area contributed by atoms with Crippen molar-refractivity contribution in [2.24, 2.45) is 13.0 Å². The van der Waals surface area contributed by atoms with Gasteiger partial charge in [0.25, 0.3) is 5.56 Å². The standard InChI is InChI=1S/C26H25N5O2/c1-17(2)15-30-24-22(25(32)29(3)26(30)33)23(20-10-12-27-13-11-20)31(28-24)16-18-8-9-19-6-4-5-7-21(19)14-18/h4-14,17H,15-16H2,1-3H3. The van der Waals surface area contributed by atoms with Crippen molar-refractivity contribution in [3.63, 3.8) is 0 Å². The lowest BCUT2D eigenvalue weighted by Crippen LogP contribution is -2.38. The molecule has 166 valence electrons. The molecule has 7 nitrogen and oxygen atoms in total. The summed E-state index contributed by atoms with van der Waals surface area (Å²) in [6, 6.07) is 18.2. The Bertz CT molecular complexity index is 1590. The van der Waals surface area contributed by atoms with Crippen LogP contribution in [-0.4, -0.2) is 23.9 Å². The van der Waals surface area contributed by atoms with Gasteiger partial charge in [0.1, 0.15) is 5.39 Å². The number of benzene rings is 2. The normalized spacial score (nSPS) is 11.6. The second-order valence-electron chi connectivity index (χ2n) is 8.77. The van der Waals surface area contributed by atoms with Crippen LogP contribution >= 0.6 is 0 Å². The summed E-state index contributed by atoms with van der Waals surface area (Å²) >= 11 is 0. The van der Waals surface area contributed by atoms with Gasteiger partial charge in [0.05, 0.1) is 12.2 Å². The molecular formula is C26H25N5O2. The number of hydrogen-bond donors (Lipinski definition) is 0. The van der Waals surface area contributed by atoms with E-state index in [1.807, 2.05) is 42.8 Å². The fourth-order valence-corrected chi connectivity index (χ4v) is 4.32. The van der Waals surface area contributed by atoms with E-state index in [0.29, 0.717) is 29.8 Å². The minimum Gasteiger partial charge on any atom is -0.276 e. The van der Waals surface area contributed by atoms with Gasteiger partial charge in [-0.2, -0.15) is 5.10 Å². The molecule has 0 aliphatic rings. The number of fused-ring (bicyclic) bond motifs is 2. The minimum atomic E-state index is -0.349. The molecule has 0 spiro atoms. The van der Waals surface area contributed by atoms with E-state index in [4.69, 9.17) is 5.10 Å². The molecule has 5 aromatic rings. The van der Waals surface area contributed by atoms with Crippen molar-refractivity contribution in [2.75, 3.05) is 0 Å². The van der Waals surface area contributed by atoms with Gasteiger partial charge in [-0.05, 0) is 40.5 Å². The Morgan fingerprint density at radius 2 is 1.67 bits per heavy atom. The first-order chi connectivity index (χ1) is 15.9. The van der Waals surface area contributed by atoms with Crippen molar-refractivity contribution in [3.8, 4) is 11.3 Å². The largest absolute Gasteiger partial charge is 0.332 e. The zero-order valence-electron chi connectivity index (χ0n) is 18.9. The Morgan fingerprint density at radius 1 is 0.939 bits per heavy atom. The van der Waals surface area contributed by atoms with Crippen molar-refractivity contribution in [1.29, 1.82) is 0 Å². The van der Waals surface area contributed by atoms with Crippen molar-refractivity contribution < 1.29 is 0 Å². The zero-order valence-corrected chi connectivity index (χ0v) is 18.9. The summed E-state index contributed by atoms with van der Waals surface area (Å²) in [6.45, 7) is 5.03. The molecule has 2 aromatic carbocycles. The van der Waals surface area contributed by atoms with Crippen LogP contribution in [0.5, 0.6) is 0 Å². The van der Waals surface area contributed by atoms with Crippen LogP contribution in [0.4, 0.5) is 0 Å². The van der Waals surface area contributed by atoms with Crippen LogP contribution in [0.25, 0.3) is 33.1 Å². The van der Waals surface area contributed by atoms with Gasteiger partial charge in [0.2, 0.25) is 0 Å². The molecule has 0 saturated heterocycles. The molecule has 0 atom stereocenters. The Morgan fingerprint density at radius 3 is 2.39 bits per heavy atom. The summed E-state index contributed by atoms with van der Waals surface area (Å²) in [5.74, 6) is 0.221. The maximum atomic E-state index is 13.3. The van der Waals surface area contributed by atoms with Gasteiger partial charge in [-0.25, -0.2) is 4.79 Å². The van der Waals surface area contributed by atoms with Crippen LogP contribution in [0.1, 0.15) is 19.4 Å². The van der Waals surface area contributed by atoms with Crippen molar-refractivity contribution >= 4 is 21.8 Å². The average Bonchev–Trinajstić information content (AvgIpc) is 3.19. The maximum absolute atomic E-state index is 13.3. The van der Waals surface area contributed by atoms with Crippen LogP contribution in [0.3, 0.4) is 0 Å². The first-order valence-corrected chi connectivity index (χ1v) is 11.0. The van der Waals surface area contributed by atoms with E-state index in [0.717, 1.165) is 16.5 Å². The molecule has 3 aromatic heterocycles. The molecular weight excluding hydrogens is 414 g/mol. The number of nitrogens with zero attached hydrogens (tertiary/aromatic N) is 5. The smallest absolute Gasteiger partial charge is 0.276 e. The number of hydrogen-bond acceptors (Lipinski definition) is 4. The predicted molar refractivity (Wildman–Crippen MR) is 130 cm³/mol. The highest BCUT2D eigenvalue weighted by Gasteiger charge is 2.22. The molecule has 0 aliphatic heterocycles. The van der Waals surface area contributed by atoms with Crippen LogP contribution in [0.2, 0.25) is 0 Å². The molecule has 5 rings (SSSR count). The molecule has 0 aliphatic carbocycles. The van der Waals surface area contributed by atoms with Crippen LogP contribution in [0, 0.1) is 5.92 Å². The van der Waals surface area contributed by atoms with E-state index in [1.54, 1.807) is 17.0 Å². The minimum absolute atomic E-state index is 0.221. The van der Waals surface area contributed by atoms with Gasteiger partial charge in [-0.1, -0.05) is 50.2 Å². The lowest BCUT2D eigenvalue weighted by atomic mass is 10.1. The number of rotatable bonds is 5. The quantitative estimate of drug-likeness (QED) is 0.417. The van der Waals surface area contributed by atoms with E-state index in [-0.39, 0.29) is 17.2 Å². The molecule has 0 fully saturated rings. The van der Waals surface area contributed by atoms with Crippen LogP contribution < -0.4 is 11.2 Å². The molecule has 7 heteroatoms. The second-order valence-corrected chi connectivity index (χ2v) is 8.77. The van der Waals surface area contributed by atoms with E-state index >= 15 is 0 Å². The Hall–Kier alpha value is -4.00. The summed E-state index contributed by atoms with van der Waals surface area (Å²) in [5.41, 5.74) is 2.32. The predicted octanol–water partition coefficient (Wildman–Crippen LogP) is 3.82. The maximum Gasteiger partial charge on any atom is 0.332 e.